The summed E-state index contributed by atoms with van der Waals surface area (Å²) in [5, 5.41) is 0. The molecule has 6 heteroatoms. The summed E-state index contributed by atoms with van der Waals surface area (Å²) in [6.45, 7) is 7.97. The maximum absolute atomic E-state index is 12.7. The van der Waals surface area contributed by atoms with E-state index in [-0.39, 0.29) is 5.92 Å². The molecule has 0 saturated carbocycles. The molecule has 22 heavy (non-hydrogen) atoms. The van der Waals surface area contributed by atoms with E-state index in [9.17, 15) is 13.2 Å². The Labute approximate surface area is 130 Å². The number of alkyl halides is 3. The molecule has 0 saturated heterocycles. The Morgan fingerprint density at radius 3 is 2.45 bits per heavy atom. The van der Waals surface area contributed by atoms with Crippen LogP contribution >= 0.6 is 0 Å². The molecule has 0 aromatic heterocycles. The van der Waals surface area contributed by atoms with Crippen molar-refractivity contribution in [2.75, 3.05) is 19.6 Å². The Hall–Kier alpha value is -1.72. The van der Waals surface area contributed by atoms with Crippen LogP contribution < -0.4 is 5.73 Å². The Bertz CT molecular complexity index is 494. The number of benzene rings is 1. The van der Waals surface area contributed by atoms with Crippen LogP contribution in [0.3, 0.4) is 0 Å². The fraction of sp³-hybridized carbons (Fsp3) is 0.562. The van der Waals surface area contributed by atoms with Crippen molar-refractivity contribution >= 4 is 5.96 Å². The van der Waals surface area contributed by atoms with E-state index in [0.29, 0.717) is 24.5 Å². The zero-order chi connectivity index (χ0) is 16.8. The molecule has 0 aliphatic carbocycles. The number of nitrogens with zero attached hydrogens (tertiary/aromatic N) is 2. The summed E-state index contributed by atoms with van der Waals surface area (Å²) in [7, 11) is 0. The van der Waals surface area contributed by atoms with E-state index in [1.54, 1.807) is 6.07 Å². The van der Waals surface area contributed by atoms with Crippen LogP contribution in [-0.4, -0.2) is 30.5 Å². The summed E-state index contributed by atoms with van der Waals surface area (Å²) < 4.78 is 38.1. The van der Waals surface area contributed by atoms with E-state index < -0.39 is 11.7 Å². The second-order valence-electron chi connectivity index (χ2n) is 5.23. The normalized spacial score (nSPS) is 14.0. The summed E-state index contributed by atoms with van der Waals surface area (Å²) in [4.78, 5) is 6.24. The van der Waals surface area contributed by atoms with Gasteiger partial charge in [-0.15, -0.1) is 0 Å². The minimum Gasteiger partial charge on any atom is -0.370 e. The monoisotopic (exact) mass is 315 g/mol. The summed E-state index contributed by atoms with van der Waals surface area (Å²) in [5.41, 5.74) is 5.94. The third kappa shape index (κ3) is 5.24. The van der Waals surface area contributed by atoms with Crippen molar-refractivity contribution in [3.63, 3.8) is 0 Å². The molecule has 124 valence electrons. The molecular weight excluding hydrogens is 291 g/mol. The number of guanidine groups is 1. The van der Waals surface area contributed by atoms with Crippen LogP contribution in [0.1, 0.15) is 44.2 Å². The Morgan fingerprint density at radius 2 is 1.91 bits per heavy atom. The highest BCUT2D eigenvalue weighted by Gasteiger charge is 2.30. The van der Waals surface area contributed by atoms with Gasteiger partial charge in [-0.1, -0.05) is 25.1 Å². The second kappa shape index (κ2) is 8.06. The predicted octanol–water partition coefficient (Wildman–Crippen LogP) is 3.86. The van der Waals surface area contributed by atoms with E-state index in [1.807, 2.05) is 25.7 Å². The molecule has 1 rings (SSSR count). The second-order valence-corrected chi connectivity index (χ2v) is 5.23. The third-order valence-corrected chi connectivity index (χ3v) is 3.71. The van der Waals surface area contributed by atoms with E-state index in [4.69, 9.17) is 5.73 Å². The Morgan fingerprint density at radius 1 is 1.27 bits per heavy atom. The molecule has 0 aliphatic heterocycles. The highest BCUT2D eigenvalue weighted by Crippen LogP contribution is 2.31. The van der Waals surface area contributed by atoms with Gasteiger partial charge in [-0.3, -0.25) is 4.99 Å². The number of aliphatic imine (C=N–C) groups is 1. The highest BCUT2D eigenvalue weighted by molar-refractivity contribution is 5.77. The molecule has 1 aromatic rings. The first-order chi connectivity index (χ1) is 10.3. The predicted molar refractivity (Wildman–Crippen MR) is 83.9 cm³/mol. The van der Waals surface area contributed by atoms with E-state index in [2.05, 4.69) is 4.99 Å². The summed E-state index contributed by atoms with van der Waals surface area (Å²) in [5.74, 6) is 0.483. The summed E-state index contributed by atoms with van der Waals surface area (Å²) in [6.07, 6.45) is -3.65. The van der Waals surface area contributed by atoms with E-state index in [1.165, 1.54) is 12.1 Å². The van der Waals surface area contributed by atoms with Gasteiger partial charge < -0.3 is 10.6 Å². The van der Waals surface area contributed by atoms with Gasteiger partial charge in [0.2, 0.25) is 0 Å². The lowest BCUT2D eigenvalue weighted by Crippen LogP contribution is -2.37. The summed E-state index contributed by atoms with van der Waals surface area (Å²) >= 11 is 0. The van der Waals surface area contributed by atoms with Crippen molar-refractivity contribution in [2.45, 2.75) is 39.3 Å². The van der Waals surface area contributed by atoms with Gasteiger partial charge in [0, 0.05) is 19.6 Å². The van der Waals surface area contributed by atoms with Gasteiger partial charge in [-0.2, -0.15) is 13.2 Å². The van der Waals surface area contributed by atoms with E-state index >= 15 is 0 Å². The molecule has 2 N–H and O–H groups in total. The minimum absolute atomic E-state index is 0.00412. The number of hydrogen-bond acceptors (Lipinski definition) is 1. The molecular formula is C16H24F3N3. The Balaban J connectivity index is 2.66. The molecule has 1 atom stereocenters. The maximum atomic E-state index is 12.7. The zero-order valence-corrected chi connectivity index (χ0v) is 13.3. The van der Waals surface area contributed by atoms with Gasteiger partial charge in [0.05, 0.1) is 5.56 Å². The lowest BCUT2D eigenvalue weighted by atomic mass is 9.96. The molecule has 0 aliphatic rings. The van der Waals surface area contributed by atoms with Crippen LogP contribution in [0.2, 0.25) is 0 Å². The topological polar surface area (TPSA) is 41.6 Å². The number of halogens is 3. The first-order valence-electron chi connectivity index (χ1n) is 7.51. The molecule has 0 fully saturated rings. The lowest BCUT2D eigenvalue weighted by molar-refractivity contribution is -0.137. The SMILES string of the molecule is CCN(CC)C(N)=NCCC(C)c1cccc(C(F)(F)F)c1. The van der Waals surface area contributed by atoms with Crippen molar-refractivity contribution in [2.24, 2.45) is 10.7 Å². The smallest absolute Gasteiger partial charge is 0.370 e. The first-order valence-corrected chi connectivity index (χ1v) is 7.51. The Kier molecular flexibility index (Phi) is 6.71. The van der Waals surface area contributed by atoms with Gasteiger partial charge >= 0.3 is 6.18 Å². The van der Waals surface area contributed by atoms with Crippen molar-refractivity contribution in [1.82, 2.24) is 4.90 Å². The average molecular weight is 315 g/mol. The lowest BCUT2D eigenvalue weighted by Gasteiger charge is -2.19. The van der Waals surface area contributed by atoms with Crippen LogP contribution in [0, 0.1) is 0 Å². The van der Waals surface area contributed by atoms with Gasteiger partial charge in [0.15, 0.2) is 5.96 Å². The number of nitrogens with two attached hydrogens (primary N) is 1. The molecule has 0 spiro atoms. The molecule has 0 amide bonds. The van der Waals surface area contributed by atoms with Gasteiger partial charge in [-0.05, 0) is 37.8 Å². The fourth-order valence-electron chi connectivity index (χ4n) is 2.21. The van der Waals surface area contributed by atoms with Gasteiger partial charge in [0.1, 0.15) is 0 Å². The van der Waals surface area contributed by atoms with Gasteiger partial charge in [0.25, 0.3) is 0 Å². The van der Waals surface area contributed by atoms with Crippen molar-refractivity contribution < 1.29 is 13.2 Å². The molecule has 1 unspecified atom stereocenters. The zero-order valence-electron chi connectivity index (χ0n) is 13.3. The number of hydrogen-bond donors (Lipinski definition) is 1. The number of rotatable bonds is 6. The van der Waals surface area contributed by atoms with Crippen molar-refractivity contribution in [3.8, 4) is 0 Å². The van der Waals surface area contributed by atoms with Crippen LogP contribution in [0.5, 0.6) is 0 Å². The maximum Gasteiger partial charge on any atom is 0.416 e. The minimum atomic E-state index is -4.30. The van der Waals surface area contributed by atoms with Crippen LogP contribution in [0.25, 0.3) is 0 Å². The molecule has 0 heterocycles. The van der Waals surface area contributed by atoms with E-state index in [0.717, 1.165) is 19.2 Å². The van der Waals surface area contributed by atoms with Crippen LogP contribution in [0.4, 0.5) is 13.2 Å². The molecule has 3 nitrogen and oxygen atoms in total. The standard InChI is InChI=1S/C16H24F3N3/c1-4-22(5-2)15(20)21-10-9-12(3)13-7-6-8-14(11-13)16(17,18)19/h6-8,11-12H,4-5,9-10H2,1-3H3,(H2,20,21). The molecule has 0 bridgehead atoms. The quantitative estimate of drug-likeness (QED) is 0.640. The fourth-order valence-corrected chi connectivity index (χ4v) is 2.21. The van der Waals surface area contributed by atoms with Crippen molar-refractivity contribution in [3.05, 3.63) is 35.4 Å². The van der Waals surface area contributed by atoms with Crippen LogP contribution in [0.15, 0.2) is 29.3 Å². The molecule has 0 radical (unpaired) electrons. The van der Waals surface area contributed by atoms with Crippen LogP contribution in [-0.2, 0) is 6.18 Å². The average Bonchev–Trinajstić information content (AvgIpc) is 2.47. The highest BCUT2D eigenvalue weighted by atomic mass is 19.4. The van der Waals surface area contributed by atoms with Gasteiger partial charge in [-0.25, -0.2) is 0 Å². The molecule has 1 aromatic carbocycles. The summed E-state index contributed by atoms with van der Waals surface area (Å²) in [6, 6.07) is 5.47. The van der Waals surface area contributed by atoms with Crippen molar-refractivity contribution in [1.29, 1.82) is 0 Å². The third-order valence-electron chi connectivity index (χ3n) is 3.71. The largest absolute Gasteiger partial charge is 0.416 e. The first kappa shape index (κ1) is 18.3.